The maximum atomic E-state index is 5.92. The van der Waals surface area contributed by atoms with Crippen LogP contribution in [0.2, 0.25) is 0 Å². The van der Waals surface area contributed by atoms with Gasteiger partial charge in [-0.15, -0.1) is 0 Å². The van der Waals surface area contributed by atoms with Crippen LogP contribution in [-0.4, -0.2) is 19.7 Å². The fourth-order valence-corrected chi connectivity index (χ4v) is 1.79. The number of nitrogen functional groups attached to an aromatic ring is 1. The van der Waals surface area contributed by atoms with Crippen LogP contribution in [0.1, 0.15) is 30.4 Å². The molecule has 2 aromatic heterocycles. The minimum Gasteiger partial charge on any atom is -0.383 e. The molecule has 2 heterocycles. The highest BCUT2D eigenvalue weighted by Gasteiger charge is 2.09. The number of hydrogen-bond acceptors (Lipinski definition) is 4. The first-order valence-corrected chi connectivity index (χ1v) is 5.77. The van der Waals surface area contributed by atoms with E-state index in [0.717, 1.165) is 29.9 Å². The molecule has 2 N–H and O–H groups in total. The van der Waals surface area contributed by atoms with E-state index in [1.54, 1.807) is 4.68 Å². The van der Waals surface area contributed by atoms with Gasteiger partial charge in [0.25, 0.3) is 5.95 Å². The Morgan fingerprint density at radius 2 is 1.82 bits per heavy atom. The SMILES string of the molecule is CCCc1cc(N)n(-c2nc(C)cc(C)n2)n1. The number of nitrogens with two attached hydrogens (primary N) is 1. The van der Waals surface area contributed by atoms with E-state index in [2.05, 4.69) is 22.0 Å². The molecule has 0 aliphatic heterocycles. The van der Waals surface area contributed by atoms with Crippen molar-refractivity contribution in [3.8, 4) is 5.95 Å². The molecular formula is C12H17N5. The zero-order valence-corrected chi connectivity index (χ0v) is 10.4. The fraction of sp³-hybridized carbons (Fsp3) is 0.417. The summed E-state index contributed by atoms with van der Waals surface area (Å²) < 4.78 is 1.60. The second kappa shape index (κ2) is 4.53. The van der Waals surface area contributed by atoms with Gasteiger partial charge in [-0.2, -0.15) is 9.78 Å². The van der Waals surface area contributed by atoms with Crippen LogP contribution in [0.5, 0.6) is 0 Å². The lowest BCUT2D eigenvalue weighted by Crippen LogP contribution is -2.08. The third-order valence-corrected chi connectivity index (χ3v) is 2.45. The Hall–Kier alpha value is -1.91. The molecule has 5 heteroatoms. The molecule has 0 fully saturated rings. The lowest BCUT2D eigenvalue weighted by molar-refractivity contribution is 0.765. The number of hydrogen-bond donors (Lipinski definition) is 1. The number of rotatable bonds is 3. The van der Waals surface area contributed by atoms with Crippen LogP contribution in [-0.2, 0) is 6.42 Å². The van der Waals surface area contributed by atoms with Gasteiger partial charge >= 0.3 is 0 Å². The minimum absolute atomic E-state index is 0.544. The summed E-state index contributed by atoms with van der Waals surface area (Å²) in [6.45, 7) is 5.98. The molecule has 2 aromatic rings. The summed E-state index contributed by atoms with van der Waals surface area (Å²) in [5.41, 5.74) is 8.74. The zero-order chi connectivity index (χ0) is 12.4. The molecule has 0 aromatic carbocycles. The first-order valence-electron chi connectivity index (χ1n) is 5.77. The van der Waals surface area contributed by atoms with Gasteiger partial charge in [-0.25, -0.2) is 9.97 Å². The molecule has 17 heavy (non-hydrogen) atoms. The van der Waals surface area contributed by atoms with Crippen LogP contribution >= 0.6 is 0 Å². The summed E-state index contributed by atoms with van der Waals surface area (Å²) >= 11 is 0. The van der Waals surface area contributed by atoms with Crippen LogP contribution < -0.4 is 5.73 Å². The van der Waals surface area contributed by atoms with Gasteiger partial charge in [-0.05, 0) is 26.3 Å². The fourth-order valence-electron chi connectivity index (χ4n) is 1.79. The predicted octanol–water partition coefficient (Wildman–Crippen LogP) is 1.81. The molecule has 0 amide bonds. The van der Waals surface area contributed by atoms with Crippen molar-refractivity contribution in [3.63, 3.8) is 0 Å². The molecule has 0 atom stereocenters. The molecular weight excluding hydrogens is 214 g/mol. The number of nitrogens with zero attached hydrogens (tertiary/aromatic N) is 4. The number of anilines is 1. The lowest BCUT2D eigenvalue weighted by Gasteiger charge is -2.04. The summed E-state index contributed by atoms with van der Waals surface area (Å²) in [4.78, 5) is 8.70. The molecule has 0 aliphatic carbocycles. The van der Waals surface area contributed by atoms with Gasteiger partial charge in [-0.3, -0.25) is 0 Å². The lowest BCUT2D eigenvalue weighted by atomic mass is 10.2. The van der Waals surface area contributed by atoms with E-state index >= 15 is 0 Å². The Bertz CT molecular complexity index is 509. The molecule has 0 saturated carbocycles. The summed E-state index contributed by atoms with van der Waals surface area (Å²) in [5.74, 6) is 1.13. The Balaban J connectivity index is 2.44. The molecule has 90 valence electrons. The molecule has 0 bridgehead atoms. The maximum Gasteiger partial charge on any atom is 0.252 e. The van der Waals surface area contributed by atoms with Crippen molar-refractivity contribution < 1.29 is 0 Å². The van der Waals surface area contributed by atoms with Gasteiger partial charge in [0, 0.05) is 17.5 Å². The van der Waals surface area contributed by atoms with Crippen LogP contribution in [0, 0.1) is 13.8 Å². The summed E-state index contributed by atoms with van der Waals surface area (Å²) in [6.07, 6.45) is 1.96. The standard InChI is InChI=1S/C12H17N5/c1-4-5-10-7-11(13)17(16-10)12-14-8(2)6-9(3)15-12/h6-7H,4-5,13H2,1-3H3. The van der Waals surface area contributed by atoms with Crippen LogP contribution in [0.3, 0.4) is 0 Å². The smallest absolute Gasteiger partial charge is 0.252 e. The van der Waals surface area contributed by atoms with E-state index in [-0.39, 0.29) is 0 Å². The second-order valence-corrected chi connectivity index (χ2v) is 4.17. The highest BCUT2D eigenvalue weighted by molar-refractivity contribution is 5.37. The van der Waals surface area contributed by atoms with Crippen LogP contribution in [0.4, 0.5) is 5.82 Å². The molecule has 0 radical (unpaired) electrons. The topological polar surface area (TPSA) is 69.6 Å². The summed E-state index contributed by atoms with van der Waals surface area (Å²) in [5, 5.41) is 4.42. The van der Waals surface area contributed by atoms with Gasteiger partial charge in [0.05, 0.1) is 5.69 Å². The third kappa shape index (κ3) is 2.43. The average Bonchev–Trinajstić information content (AvgIpc) is 2.58. The average molecular weight is 231 g/mol. The molecule has 0 unspecified atom stereocenters. The van der Waals surface area contributed by atoms with Crippen molar-refractivity contribution in [2.75, 3.05) is 5.73 Å². The maximum absolute atomic E-state index is 5.92. The van der Waals surface area contributed by atoms with Crippen LogP contribution in [0.15, 0.2) is 12.1 Å². The highest BCUT2D eigenvalue weighted by atomic mass is 15.4. The summed E-state index contributed by atoms with van der Waals surface area (Å²) in [6, 6.07) is 3.81. The molecule has 0 saturated heterocycles. The molecule has 5 nitrogen and oxygen atoms in total. The Labute approximate surface area is 101 Å². The zero-order valence-electron chi connectivity index (χ0n) is 10.4. The number of aryl methyl sites for hydroxylation is 3. The van der Waals surface area contributed by atoms with Crippen molar-refractivity contribution >= 4 is 5.82 Å². The van der Waals surface area contributed by atoms with E-state index in [4.69, 9.17) is 5.73 Å². The van der Waals surface area contributed by atoms with E-state index in [0.29, 0.717) is 11.8 Å². The van der Waals surface area contributed by atoms with Crippen molar-refractivity contribution in [2.24, 2.45) is 0 Å². The minimum atomic E-state index is 0.544. The Kier molecular flexibility index (Phi) is 3.08. The van der Waals surface area contributed by atoms with Crippen molar-refractivity contribution in [1.29, 1.82) is 0 Å². The first kappa shape index (κ1) is 11.6. The highest BCUT2D eigenvalue weighted by Crippen LogP contribution is 2.13. The first-order chi connectivity index (χ1) is 8.10. The molecule has 2 rings (SSSR count). The largest absolute Gasteiger partial charge is 0.383 e. The Morgan fingerprint density at radius 3 is 2.41 bits per heavy atom. The molecule has 0 spiro atoms. The van der Waals surface area contributed by atoms with E-state index < -0.39 is 0 Å². The van der Waals surface area contributed by atoms with Gasteiger partial charge in [0.15, 0.2) is 0 Å². The monoisotopic (exact) mass is 231 g/mol. The quantitative estimate of drug-likeness (QED) is 0.874. The van der Waals surface area contributed by atoms with Gasteiger partial charge < -0.3 is 5.73 Å². The van der Waals surface area contributed by atoms with Crippen molar-refractivity contribution in [3.05, 3.63) is 29.2 Å². The number of aromatic nitrogens is 4. The third-order valence-electron chi connectivity index (χ3n) is 2.45. The normalized spacial score (nSPS) is 10.8. The van der Waals surface area contributed by atoms with Crippen LogP contribution in [0.25, 0.3) is 5.95 Å². The van der Waals surface area contributed by atoms with E-state index in [1.165, 1.54) is 0 Å². The van der Waals surface area contributed by atoms with E-state index in [1.807, 2.05) is 26.0 Å². The predicted molar refractivity (Wildman–Crippen MR) is 67.0 cm³/mol. The van der Waals surface area contributed by atoms with Gasteiger partial charge in [0.2, 0.25) is 0 Å². The molecule has 0 aliphatic rings. The van der Waals surface area contributed by atoms with Crippen molar-refractivity contribution in [2.45, 2.75) is 33.6 Å². The van der Waals surface area contributed by atoms with E-state index in [9.17, 15) is 0 Å². The van der Waals surface area contributed by atoms with Crippen molar-refractivity contribution in [1.82, 2.24) is 19.7 Å². The van der Waals surface area contributed by atoms with Gasteiger partial charge in [0.1, 0.15) is 5.82 Å². The summed E-state index contributed by atoms with van der Waals surface area (Å²) in [7, 11) is 0. The van der Waals surface area contributed by atoms with Gasteiger partial charge in [-0.1, -0.05) is 13.3 Å². The Morgan fingerprint density at radius 1 is 1.18 bits per heavy atom. The second-order valence-electron chi connectivity index (χ2n) is 4.17.